The number of alkyl halides is 3. The van der Waals surface area contributed by atoms with E-state index in [1.54, 1.807) is 20.8 Å². The number of aromatic nitrogens is 1. The lowest BCUT2D eigenvalue weighted by Gasteiger charge is -2.31. The predicted molar refractivity (Wildman–Crippen MR) is 181 cm³/mol. The molecule has 2 atom stereocenters. The highest BCUT2D eigenvalue weighted by atomic mass is 19.4. The van der Waals surface area contributed by atoms with Crippen molar-refractivity contribution in [2.75, 3.05) is 19.6 Å². The normalized spacial score (nSPS) is 16.5. The second kappa shape index (κ2) is 15.1. The summed E-state index contributed by atoms with van der Waals surface area (Å²) in [6.07, 6.45) is -1.70. The van der Waals surface area contributed by atoms with Crippen LogP contribution < -0.4 is 5.56 Å². The number of carbonyl (C=O) groups excluding carboxylic acids is 1. The van der Waals surface area contributed by atoms with Crippen molar-refractivity contribution in [1.29, 1.82) is 0 Å². The topological polar surface area (TPSA) is 92.0 Å². The molecule has 7 nitrogen and oxygen atoms in total. The van der Waals surface area contributed by atoms with Crippen LogP contribution in [0.15, 0.2) is 40.2 Å². The highest BCUT2D eigenvalue weighted by molar-refractivity contribution is 5.91. The van der Waals surface area contributed by atoms with Gasteiger partial charge in [-0.15, -0.1) is 0 Å². The number of carboxylic acid groups (broad SMARTS) is 1. The Morgan fingerprint density at radius 3 is 2.31 bits per heavy atom. The van der Waals surface area contributed by atoms with Gasteiger partial charge in [0.15, 0.2) is 0 Å². The Bertz CT molecular complexity index is 1910. The molecule has 2 fully saturated rings. The van der Waals surface area contributed by atoms with Gasteiger partial charge in [-0.1, -0.05) is 19.9 Å². The van der Waals surface area contributed by atoms with E-state index in [-0.39, 0.29) is 52.5 Å². The van der Waals surface area contributed by atoms with Crippen LogP contribution in [0.5, 0.6) is 0 Å². The maximum absolute atomic E-state index is 16.5. The Hall–Kier alpha value is -4.26. The van der Waals surface area contributed by atoms with E-state index in [0.717, 1.165) is 36.5 Å². The van der Waals surface area contributed by atoms with Gasteiger partial charge in [0, 0.05) is 42.1 Å². The van der Waals surface area contributed by atoms with Crippen LogP contribution in [0.1, 0.15) is 97.2 Å². The molecule has 51 heavy (non-hydrogen) atoms. The molecule has 1 saturated heterocycles. The SMILES string of the molecule is Cc1ccc(F)c(C)c1-c1cc(C2CC2)c(F)c(C(C=NC(=O)C(CC(C)C)n2cc(CCN3CCC3)c(C(F)(F)F)cc2=O)CC(=O)O)c1F. The van der Waals surface area contributed by atoms with E-state index in [4.69, 9.17) is 0 Å². The van der Waals surface area contributed by atoms with Crippen LogP contribution in [-0.4, -0.2) is 52.3 Å². The van der Waals surface area contributed by atoms with E-state index in [2.05, 4.69) is 4.99 Å². The quantitative estimate of drug-likeness (QED) is 0.142. The number of pyridine rings is 1. The third kappa shape index (κ3) is 8.45. The van der Waals surface area contributed by atoms with Crippen molar-refractivity contribution in [1.82, 2.24) is 9.47 Å². The first-order chi connectivity index (χ1) is 24.0. The number of aryl methyl sites for hydroxylation is 1. The summed E-state index contributed by atoms with van der Waals surface area (Å²) in [5.74, 6) is -7.27. The van der Waals surface area contributed by atoms with Crippen molar-refractivity contribution in [3.8, 4) is 11.1 Å². The first-order valence-corrected chi connectivity index (χ1v) is 17.1. The van der Waals surface area contributed by atoms with Gasteiger partial charge in [-0.25, -0.2) is 18.2 Å². The number of carbonyl (C=O) groups is 2. The van der Waals surface area contributed by atoms with Gasteiger partial charge in [0.1, 0.15) is 23.5 Å². The lowest BCUT2D eigenvalue weighted by Crippen LogP contribution is -2.39. The largest absolute Gasteiger partial charge is 0.481 e. The van der Waals surface area contributed by atoms with Gasteiger partial charge >= 0.3 is 12.1 Å². The molecule has 0 radical (unpaired) electrons. The van der Waals surface area contributed by atoms with Gasteiger partial charge in [0.2, 0.25) is 0 Å². The third-order valence-electron chi connectivity index (χ3n) is 9.73. The van der Waals surface area contributed by atoms with E-state index in [9.17, 15) is 37.1 Å². The smallest absolute Gasteiger partial charge is 0.416 e. The first kappa shape index (κ1) is 38.0. The molecule has 2 aromatic carbocycles. The molecule has 1 aromatic heterocycles. The summed E-state index contributed by atoms with van der Waals surface area (Å²) in [6, 6.07) is 3.10. The number of rotatable bonds is 13. The summed E-state index contributed by atoms with van der Waals surface area (Å²) in [6.45, 7) is 8.40. The molecular formula is C38H41F6N3O4. The Balaban J connectivity index is 1.59. The third-order valence-corrected chi connectivity index (χ3v) is 9.73. The maximum Gasteiger partial charge on any atom is 0.416 e. The Morgan fingerprint density at radius 1 is 1.06 bits per heavy atom. The van der Waals surface area contributed by atoms with Gasteiger partial charge in [0.05, 0.1) is 12.0 Å². The number of likely N-dealkylation sites (tertiary alicyclic amines) is 1. The van der Waals surface area contributed by atoms with E-state index in [0.29, 0.717) is 31.0 Å². The Morgan fingerprint density at radius 2 is 1.75 bits per heavy atom. The highest BCUT2D eigenvalue weighted by Crippen LogP contribution is 2.46. The predicted octanol–water partition coefficient (Wildman–Crippen LogP) is 8.14. The number of amides is 1. The number of halogens is 6. The first-order valence-electron chi connectivity index (χ1n) is 17.1. The number of hydrogen-bond acceptors (Lipinski definition) is 4. The van der Waals surface area contributed by atoms with Crippen LogP contribution in [0, 0.1) is 37.2 Å². The molecule has 3 aromatic rings. The lowest BCUT2D eigenvalue weighted by atomic mass is 9.86. The molecule has 1 aliphatic carbocycles. The number of nitrogens with zero attached hydrogens (tertiary/aromatic N) is 3. The van der Waals surface area contributed by atoms with Crippen molar-refractivity contribution >= 4 is 18.1 Å². The molecule has 2 aliphatic rings. The van der Waals surface area contributed by atoms with Crippen LogP contribution in [0.4, 0.5) is 26.3 Å². The molecule has 1 saturated carbocycles. The van der Waals surface area contributed by atoms with Crippen LogP contribution in [-0.2, 0) is 22.2 Å². The second-order valence-corrected chi connectivity index (χ2v) is 14.1. The zero-order chi connectivity index (χ0) is 37.4. The van der Waals surface area contributed by atoms with E-state index in [1.807, 2.05) is 4.90 Å². The second-order valence-electron chi connectivity index (χ2n) is 14.1. The van der Waals surface area contributed by atoms with Gasteiger partial charge < -0.3 is 14.6 Å². The maximum atomic E-state index is 16.5. The fourth-order valence-electron chi connectivity index (χ4n) is 6.74. The molecular weight excluding hydrogens is 676 g/mol. The van der Waals surface area contributed by atoms with Crippen LogP contribution in [0.2, 0.25) is 0 Å². The number of carboxylic acids is 1. The average molecular weight is 718 g/mol. The van der Waals surface area contributed by atoms with Crippen LogP contribution in [0.25, 0.3) is 11.1 Å². The fourth-order valence-corrected chi connectivity index (χ4v) is 6.74. The zero-order valence-corrected chi connectivity index (χ0v) is 28.9. The standard InChI is InChI=1S/C38H41F6N3O4/c1-20(2)14-30(47-19-24(10-13-46-11-5-12-46)28(17-31(47)48)38(42,43)44)37(51)45-18-25(15-32(49)50)34-35(40)26(23-7-8-23)16-27(36(34)41)33-21(3)6-9-29(39)22(33)4/h6,9,16-20,23,25,30H,5,7-8,10-15H2,1-4H3,(H,49,50). The molecule has 13 heteroatoms. The van der Waals surface area contributed by atoms with E-state index < -0.39 is 70.6 Å². The number of aliphatic carboxylic acids is 1. The zero-order valence-electron chi connectivity index (χ0n) is 28.9. The van der Waals surface area contributed by atoms with Crippen molar-refractivity contribution in [3.05, 3.63) is 91.6 Å². The summed E-state index contributed by atoms with van der Waals surface area (Å²) < 4.78 is 90.3. The average Bonchev–Trinajstić information content (AvgIpc) is 3.86. The fraction of sp³-hybridized carbons (Fsp3) is 0.474. The van der Waals surface area contributed by atoms with Crippen molar-refractivity contribution in [3.63, 3.8) is 0 Å². The van der Waals surface area contributed by atoms with E-state index in [1.165, 1.54) is 25.1 Å². The molecule has 2 heterocycles. The molecule has 274 valence electrons. The summed E-state index contributed by atoms with van der Waals surface area (Å²) in [7, 11) is 0. The number of hydrogen-bond donors (Lipinski definition) is 1. The molecule has 2 unspecified atom stereocenters. The molecule has 0 spiro atoms. The molecule has 1 amide bonds. The van der Waals surface area contributed by atoms with Crippen LogP contribution >= 0.6 is 0 Å². The molecule has 0 bridgehead atoms. The minimum Gasteiger partial charge on any atom is -0.481 e. The molecule has 1 aliphatic heterocycles. The molecule has 5 rings (SSSR count). The Kier molecular flexibility index (Phi) is 11.3. The number of benzene rings is 2. The monoisotopic (exact) mass is 717 g/mol. The van der Waals surface area contributed by atoms with Crippen LogP contribution in [0.3, 0.4) is 0 Å². The Labute approximate surface area is 292 Å². The minimum atomic E-state index is -4.81. The summed E-state index contributed by atoms with van der Waals surface area (Å²) in [4.78, 5) is 44.9. The van der Waals surface area contributed by atoms with Gasteiger partial charge in [-0.05, 0) is 111 Å². The van der Waals surface area contributed by atoms with Crippen molar-refractivity contribution < 1.29 is 41.0 Å². The van der Waals surface area contributed by atoms with E-state index >= 15 is 8.78 Å². The summed E-state index contributed by atoms with van der Waals surface area (Å²) in [5, 5.41) is 9.79. The summed E-state index contributed by atoms with van der Waals surface area (Å²) >= 11 is 0. The summed E-state index contributed by atoms with van der Waals surface area (Å²) in [5.41, 5.74) is -2.13. The van der Waals surface area contributed by atoms with Crippen molar-refractivity contribution in [2.45, 2.75) is 90.3 Å². The molecule has 1 N–H and O–H groups in total. The van der Waals surface area contributed by atoms with Gasteiger partial charge in [0.25, 0.3) is 11.5 Å². The van der Waals surface area contributed by atoms with Crippen molar-refractivity contribution in [2.24, 2.45) is 10.9 Å². The van der Waals surface area contributed by atoms with Gasteiger partial charge in [-0.2, -0.15) is 13.2 Å². The lowest BCUT2D eigenvalue weighted by molar-refractivity contribution is -0.139. The minimum absolute atomic E-state index is 0.0151. The number of aliphatic imine (C=N–C) groups is 1. The highest BCUT2D eigenvalue weighted by Gasteiger charge is 2.37. The van der Waals surface area contributed by atoms with Gasteiger partial charge in [-0.3, -0.25) is 14.4 Å².